The summed E-state index contributed by atoms with van der Waals surface area (Å²) in [5, 5.41) is 3.44. The van der Waals surface area contributed by atoms with Gasteiger partial charge in [0.15, 0.2) is 0 Å². The highest BCUT2D eigenvalue weighted by Crippen LogP contribution is 2.23. The number of rotatable bonds is 2. The second kappa shape index (κ2) is 5.80. The third-order valence-electron chi connectivity index (χ3n) is 3.25. The van der Waals surface area contributed by atoms with Crippen LogP contribution < -0.4 is 5.32 Å². The molecule has 2 nitrogen and oxygen atoms in total. The highest BCUT2D eigenvalue weighted by Gasteiger charge is 2.16. The Balaban J connectivity index is 2.07. The smallest absolute Gasteiger partial charge is 0.0320 e. The van der Waals surface area contributed by atoms with E-state index < -0.39 is 0 Å². The van der Waals surface area contributed by atoms with Crippen molar-refractivity contribution in [3.63, 3.8) is 0 Å². The minimum atomic E-state index is 0.511. The number of benzene rings is 1. The maximum absolute atomic E-state index is 3.54. The van der Waals surface area contributed by atoms with Gasteiger partial charge in [-0.15, -0.1) is 0 Å². The fourth-order valence-electron chi connectivity index (χ4n) is 2.23. The lowest BCUT2D eigenvalue weighted by molar-refractivity contribution is 0.225. The molecule has 1 fully saturated rings. The average Bonchev–Trinajstić information content (AvgIpc) is 2.56. The molecule has 1 saturated heterocycles. The maximum atomic E-state index is 3.54. The molecule has 0 radical (unpaired) electrons. The van der Waals surface area contributed by atoms with Crippen LogP contribution in [0.2, 0.25) is 0 Å². The summed E-state index contributed by atoms with van der Waals surface area (Å²) in [6.45, 7) is 6.90. The van der Waals surface area contributed by atoms with E-state index in [1.165, 1.54) is 23.0 Å². The third-order valence-corrected chi connectivity index (χ3v) is 3.75. The van der Waals surface area contributed by atoms with Crippen molar-refractivity contribution in [3.05, 3.63) is 34.3 Å². The van der Waals surface area contributed by atoms with Crippen LogP contribution in [0.4, 0.5) is 0 Å². The lowest BCUT2D eigenvalue weighted by Crippen LogP contribution is -2.30. The van der Waals surface area contributed by atoms with Crippen molar-refractivity contribution in [2.75, 3.05) is 26.2 Å². The molecule has 88 valence electrons. The van der Waals surface area contributed by atoms with E-state index in [0.29, 0.717) is 6.04 Å². The topological polar surface area (TPSA) is 15.3 Å². The Hall–Kier alpha value is -0.380. The number of halogens is 1. The Bertz CT molecular complexity index is 332. The third kappa shape index (κ3) is 3.06. The summed E-state index contributed by atoms with van der Waals surface area (Å²) in [7, 11) is 0. The van der Waals surface area contributed by atoms with Crippen LogP contribution in [0.15, 0.2) is 28.7 Å². The zero-order valence-corrected chi connectivity index (χ0v) is 11.3. The highest BCUT2D eigenvalue weighted by molar-refractivity contribution is 9.10. The van der Waals surface area contributed by atoms with Gasteiger partial charge in [-0.1, -0.05) is 28.1 Å². The zero-order chi connectivity index (χ0) is 11.4. The van der Waals surface area contributed by atoms with Crippen LogP contribution in [-0.4, -0.2) is 31.1 Å². The maximum Gasteiger partial charge on any atom is 0.0320 e. The van der Waals surface area contributed by atoms with Crippen LogP contribution in [0.1, 0.15) is 24.9 Å². The van der Waals surface area contributed by atoms with Gasteiger partial charge in [0.25, 0.3) is 0 Å². The fourth-order valence-corrected chi connectivity index (χ4v) is 2.65. The van der Waals surface area contributed by atoms with Gasteiger partial charge in [0.2, 0.25) is 0 Å². The van der Waals surface area contributed by atoms with Gasteiger partial charge in [-0.3, -0.25) is 4.90 Å². The molecule has 1 atom stereocenters. The quantitative estimate of drug-likeness (QED) is 0.898. The monoisotopic (exact) mass is 282 g/mol. The molecule has 0 bridgehead atoms. The van der Waals surface area contributed by atoms with Gasteiger partial charge in [0, 0.05) is 23.6 Å². The first kappa shape index (κ1) is 12.1. The van der Waals surface area contributed by atoms with E-state index in [1.54, 1.807) is 0 Å². The lowest BCUT2D eigenvalue weighted by Gasteiger charge is -2.27. The van der Waals surface area contributed by atoms with Crippen LogP contribution in [0.3, 0.4) is 0 Å². The van der Waals surface area contributed by atoms with Crippen molar-refractivity contribution >= 4 is 15.9 Å². The Labute approximate surface area is 106 Å². The van der Waals surface area contributed by atoms with Crippen LogP contribution in [0.25, 0.3) is 0 Å². The first-order valence-electron chi connectivity index (χ1n) is 5.97. The second-order valence-corrected chi connectivity index (χ2v) is 5.29. The van der Waals surface area contributed by atoms with Crippen molar-refractivity contribution < 1.29 is 0 Å². The molecule has 1 heterocycles. The van der Waals surface area contributed by atoms with Gasteiger partial charge in [0.05, 0.1) is 0 Å². The van der Waals surface area contributed by atoms with E-state index in [-0.39, 0.29) is 0 Å². The number of hydrogen-bond acceptors (Lipinski definition) is 2. The molecule has 0 aromatic heterocycles. The Morgan fingerprint density at radius 1 is 1.31 bits per heavy atom. The second-order valence-electron chi connectivity index (χ2n) is 4.37. The fraction of sp³-hybridized carbons (Fsp3) is 0.538. The molecule has 0 amide bonds. The molecule has 1 aliphatic heterocycles. The summed E-state index contributed by atoms with van der Waals surface area (Å²) in [6, 6.07) is 9.15. The van der Waals surface area contributed by atoms with Gasteiger partial charge in [0.1, 0.15) is 0 Å². The van der Waals surface area contributed by atoms with Crippen molar-refractivity contribution in [2.45, 2.75) is 19.4 Å². The molecule has 0 saturated carbocycles. The van der Waals surface area contributed by atoms with Gasteiger partial charge in [-0.25, -0.2) is 0 Å². The van der Waals surface area contributed by atoms with Gasteiger partial charge in [-0.05, 0) is 44.1 Å². The zero-order valence-electron chi connectivity index (χ0n) is 9.75. The van der Waals surface area contributed by atoms with Crippen LogP contribution in [0.5, 0.6) is 0 Å². The summed E-state index contributed by atoms with van der Waals surface area (Å²) >= 11 is 3.54. The molecule has 1 unspecified atom stereocenters. The Morgan fingerprint density at radius 3 is 3.00 bits per heavy atom. The molecule has 0 spiro atoms. The molecule has 16 heavy (non-hydrogen) atoms. The van der Waals surface area contributed by atoms with Crippen LogP contribution >= 0.6 is 15.9 Å². The average molecular weight is 283 g/mol. The van der Waals surface area contributed by atoms with Gasteiger partial charge >= 0.3 is 0 Å². The number of nitrogens with zero attached hydrogens (tertiary/aromatic N) is 1. The highest BCUT2D eigenvalue weighted by atomic mass is 79.9. The van der Waals surface area contributed by atoms with Crippen LogP contribution in [0, 0.1) is 0 Å². The standard InChI is InChI=1S/C13H19BrN2/c1-11(12-4-2-5-13(14)10-12)16-8-3-6-15-7-9-16/h2,4-5,10-11,15H,3,6-9H2,1H3. The van der Waals surface area contributed by atoms with E-state index >= 15 is 0 Å². The Morgan fingerprint density at radius 2 is 2.19 bits per heavy atom. The van der Waals surface area contributed by atoms with Crippen molar-refractivity contribution in [1.29, 1.82) is 0 Å². The lowest BCUT2D eigenvalue weighted by atomic mass is 10.1. The first-order chi connectivity index (χ1) is 7.77. The molecule has 1 aromatic carbocycles. The molecule has 1 aliphatic rings. The summed E-state index contributed by atoms with van der Waals surface area (Å²) in [5.41, 5.74) is 1.40. The number of hydrogen-bond donors (Lipinski definition) is 1. The molecule has 0 aliphatic carbocycles. The molecule has 1 N–H and O–H groups in total. The molecular formula is C13H19BrN2. The van der Waals surface area contributed by atoms with E-state index in [9.17, 15) is 0 Å². The number of nitrogens with one attached hydrogen (secondary N) is 1. The predicted octanol–water partition coefficient (Wildman–Crippen LogP) is 2.81. The van der Waals surface area contributed by atoms with Crippen LogP contribution in [-0.2, 0) is 0 Å². The minimum absolute atomic E-state index is 0.511. The summed E-state index contributed by atoms with van der Waals surface area (Å²) in [5.74, 6) is 0. The van der Waals surface area contributed by atoms with E-state index in [2.05, 4.69) is 57.3 Å². The van der Waals surface area contributed by atoms with E-state index in [1.807, 2.05) is 0 Å². The summed E-state index contributed by atoms with van der Waals surface area (Å²) < 4.78 is 1.17. The van der Waals surface area contributed by atoms with Gasteiger partial charge < -0.3 is 5.32 Å². The predicted molar refractivity (Wildman–Crippen MR) is 71.6 cm³/mol. The minimum Gasteiger partial charge on any atom is -0.315 e. The van der Waals surface area contributed by atoms with Crippen molar-refractivity contribution in [1.82, 2.24) is 10.2 Å². The van der Waals surface area contributed by atoms with Crippen molar-refractivity contribution in [2.24, 2.45) is 0 Å². The molecule has 1 aromatic rings. The molecule has 3 heteroatoms. The van der Waals surface area contributed by atoms with Gasteiger partial charge in [-0.2, -0.15) is 0 Å². The molecule has 2 rings (SSSR count). The summed E-state index contributed by atoms with van der Waals surface area (Å²) in [4.78, 5) is 2.56. The summed E-state index contributed by atoms with van der Waals surface area (Å²) in [6.07, 6.45) is 1.25. The Kier molecular flexibility index (Phi) is 4.38. The molecular weight excluding hydrogens is 264 g/mol. The first-order valence-corrected chi connectivity index (χ1v) is 6.77. The SMILES string of the molecule is CC(c1cccc(Br)c1)N1CCCNCC1. The van der Waals surface area contributed by atoms with E-state index in [4.69, 9.17) is 0 Å². The normalized spacial score (nSPS) is 20.4. The van der Waals surface area contributed by atoms with E-state index in [0.717, 1.165) is 19.6 Å². The largest absolute Gasteiger partial charge is 0.315 e. The van der Waals surface area contributed by atoms with Crippen molar-refractivity contribution in [3.8, 4) is 0 Å².